The van der Waals surface area contributed by atoms with Crippen LogP contribution in [0.15, 0.2) is 6.20 Å². The number of nitrogens with one attached hydrogen (secondary N) is 1. The van der Waals surface area contributed by atoms with Crippen LogP contribution < -0.4 is 5.32 Å². The number of ether oxygens (including phenoxy) is 1. The van der Waals surface area contributed by atoms with Crippen molar-refractivity contribution in [2.75, 3.05) is 39.9 Å². The number of rotatable bonds is 7. The molecule has 0 atom stereocenters. The van der Waals surface area contributed by atoms with E-state index in [0.717, 1.165) is 13.1 Å². The Hall–Kier alpha value is -1.98. The number of hydrogen-bond donors (Lipinski definition) is 1. The van der Waals surface area contributed by atoms with Crippen LogP contribution in [0.4, 0.5) is 0 Å². The number of hydrogen-bond acceptors (Lipinski definition) is 6. The maximum absolute atomic E-state index is 12.3. The molecule has 0 bridgehead atoms. The minimum atomic E-state index is -0.212. The van der Waals surface area contributed by atoms with Gasteiger partial charge in [0.1, 0.15) is 0 Å². The highest BCUT2D eigenvalue weighted by Gasteiger charge is 2.23. The number of nitriles is 1. The van der Waals surface area contributed by atoms with Crippen LogP contribution in [0.25, 0.3) is 0 Å². The van der Waals surface area contributed by atoms with E-state index in [4.69, 9.17) is 10.00 Å². The summed E-state index contributed by atoms with van der Waals surface area (Å²) in [5.41, 5.74) is 0.311. The van der Waals surface area contributed by atoms with Crippen molar-refractivity contribution < 1.29 is 9.53 Å². The Balaban J connectivity index is 2.01. The highest BCUT2D eigenvalue weighted by Crippen LogP contribution is 2.11. The molecule has 8 heteroatoms. The highest BCUT2D eigenvalue weighted by molar-refractivity contribution is 5.91. The Morgan fingerprint density at radius 3 is 3.05 bits per heavy atom. The molecule has 20 heavy (non-hydrogen) atoms. The number of carbonyl (C=O) groups is 1. The van der Waals surface area contributed by atoms with Crippen molar-refractivity contribution in [1.29, 1.82) is 5.26 Å². The van der Waals surface area contributed by atoms with Gasteiger partial charge in [0.2, 0.25) is 0 Å². The zero-order valence-electron chi connectivity index (χ0n) is 11.4. The largest absolute Gasteiger partial charge is 0.383 e. The molecule has 1 aliphatic rings. The van der Waals surface area contributed by atoms with E-state index in [0.29, 0.717) is 25.4 Å². The molecule has 2 heterocycles. The van der Waals surface area contributed by atoms with Crippen molar-refractivity contribution in [3.8, 4) is 6.07 Å². The SMILES string of the molecule is COCCN(CCC#N)C(=O)c1cn(C2CNC2)nn1. The van der Waals surface area contributed by atoms with Gasteiger partial charge in [-0.15, -0.1) is 5.10 Å². The summed E-state index contributed by atoms with van der Waals surface area (Å²) in [4.78, 5) is 13.9. The molecule has 8 nitrogen and oxygen atoms in total. The lowest BCUT2D eigenvalue weighted by Crippen LogP contribution is -2.43. The van der Waals surface area contributed by atoms with Gasteiger partial charge in [-0.2, -0.15) is 5.26 Å². The standard InChI is InChI=1S/C12H18N6O2/c1-20-6-5-17(4-2-3-13)12(19)11-9-18(16-15-11)10-7-14-8-10/h9-10,14H,2,4-8H2,1H3. The minimum absolute atomic E-state index is 0.212. The zero-order valence-corrected chi connectivity index (χ0v) is 11.4. The number of aromatic nitrogens is 3. The third kappa shape index (κ3) is 3.31. The summed E-state index contributed by atoms with van der Waals surface area (Å²) in [7, 11) is 1.58. The average molecular weight is 278 g/mol. The van der Waals surface area contributed by atoms with Gasteiger partial charge in [-0.1, -0.05) is 5.21 Å². The summed E-state index contributed by atoms with van der Waals surface area (Å²) in [5, 5.41) is 19.7. The van der Waals surface area contributed by atoms with Crippen LogP contribution in [-0.4, -0.2) is 65.7 Å². The molecule has 0 unspecified atom stereocenters. The highest BCUT2D eigenvalue weighted by atomic mass is 16.5. The van der Waals surface area contributed by atoms with Crippen LogP contribution in [0.1, 0.15) is 23.0 Å². The van der Waals surface area contributed by atoms with E-state index in [9.17, 15) is 4.79 Å². The third-order valence-corrected chi connectivity index (χ3v) is 3.21. The maximum atomic E-state index is 12.3. The topological polar surface area (TPSA) is 96.1 Å². The fourth-order valence-electron chi connectivity index (χ4n) is 1.88. The van der Waals surface area contributed by atoms with Gasteiger partial charge in [0.25, 0.3) is 5.91 Å². The van der Waals surface area contributed by atoms with E-state index >= 15 is 0 Å². The Bertz CT molecular complexity index is 490. The summed E-state index contributed by atoms with van der Waals surface area (Å²) in [6, 6.07) is 2.31. The first-order valence-corrected chi connectivity index (χ1v) is 6.54. The van der Waals surface area contributed by atoms with Gasteiger partial charge in [-0.05, 0) is 0 Å². The first-order chi connectivity index (χ1) is 9.76. The molecule has 2 rings (SSSR count). The lowest BCUT2D eigenvalue weighted by atomic mass is 10.2. The number of methoxy groups -OCH3 is 1. The molecule has 0 aromatic carbocycles. The Labute approximate surface area is 117 Å². The molecule has 1 aromatic rings. The fraction of sp³-hybridized carbons (Fsp3) is 0.667. The summed E-state index contributed by atoms with van der Waals surface area (Å²) >= 11 is 0. The predicted octanol–water partition coefficient (Wildman–Crippen LogP) is -0.575. The van der Waals surface area contributed by atoms with Gasteiger partial charge in [0.15, 0.2) is 5.69 Å². The Kier molecular flexibility index (Phi) is 5.03. The molecule has 0 aliphatic carbocycles. The van der Waals surface area contributed by atoms with Gasteiger partial charge in [0, 0.05) is 33.3 Å². The molecule has 0 spiro atoms. The maximum Gasteiger partial charge on any atom is 0.276 e. The smallest absolute Gasteiger partial charge is 0.276 e. The van der Waals surface area contributed by atoms with E-state index in [1.165, 1.54) is 0 Å². The predicted molar refractivity (Wildman–Crippen MR) is 69.9 cm³/mol. The second-order valence-electron chi connectivity index (χ2n) is 4.59. The minimum Gasteiger partial charge on any atom is -0.383 e. The fourth-order valence-corrected chi connectivity index (χ4v) is 1.88. The molecular formula is C12H18N6O2. The van der Waals surface area contributed by atoms with Crippen molar-refractivity contribution in [2.24, 2.45) is 0 Å². The molecule has 1 aliphatic heterocycles. The first kappa shape index (κ1) is 14.4. The molecule has 108 valence electrons. The summed E-state index contributed by atoms with van der Waals surface area (Å²) in [5.74, 6) is -0.212. The third-order valence-electron chi connectivity index (χ3n) is 3.21. The molecule has 1 N–H and O–H groups in total. The van der Waals surface area contributed by atoms with E-state index in [1.54, 1.807) is 22.9 Å². The van der Waals surface area contributed by atoms with Gasteiger partial charge in [-0.3, -0.25) is 4.79 Å². The lowest BCUT2D eigenvalue weighted by Gasteiger charge is -2.26. The van der Waals surface area contributed by atoms with E-state index in [-0.39, 0.29) is 18.4 Å². The number of carbonyl (C=O) groups excluding carboxylic acids is 1. The Morgan fingerprint density at radius 1 is 1.65 bits per heavy atom. The summed E-state index contributed by atoms with van der Waals surface area (Å²) in [6.45, 7) is 2.93. The van der Waals surface area contributed by atoms with Crippen LogP contribution in [-0.2, 0) is 4.74 Å². The number of amides is 1. The molecular weight excluding hydrogens is 260 g/mol. The lowest BCUT2D eigenvalue weighted by molar-refractivity contribution is 0.0694. The first-order valence-electron chi connectivity index (χ1n) is 6.54. The Morgan fingerprint density at radius 2 is 2.45 bits per heavy atom. The molecule has 0 saturated carbocycles. The molecule has 1 fully saturated rings. The second kappa shape index (κ2) is 6.98. The van der Waals surface area contributed by atoms with Crippen molar-refractivity contribution in [3.63, 3.8) is 0 Å². The van der Waals surface area contributed by atoms with Crippen molar-refractivity contribution in [1.82, 2.24) is 25.2 Å². The van der Waals surface area contributed by atoms with E-state index in [1.807, 2.05) is 6.07 Å². The van der Waals surface area contributed by atoms with Gasteiger partial charge >= 0.3 is 0 Å². The quantitative estimate of drug-likeness (QED) is 0.717. The normalized spacial score (nSPS) is 14.6. The van der Waals surface area contributed by atoms with Gasteiger partial charge in [0.05, 0.1) is 31.3 Å². The number of nitrogens with zero attached hydrogens (tertiary/aromatic N) is 5. The van der Waals surface area contributed by atoms with Crippen LogP contribution in [0, 0.1) is 11.3 Å². The van der Waals surface area contributed by atoms with Gasteiger partial charge < -0.3 is 15.0 Å². The molecule has 1 amide bonds. The van der Waals surface area contributed by atoms with E-state index in [2.05, 4.69) is 15.6 Å². The van der Waals surface area contributed by atoms with Crippen molar-refractivity contribution in [3.05, 3.63) is 11.9 Å². The van der Waals surface area contributed by atoms with Crippen molar-refractivity contribution >= 4 is 5.91 Å². The summed E-state index contributed by atoms with van der Waals surface area (Å²) in [6.07, 6.45) is 1.95. The molecule has 0 radical (unpaired) electrons. The zero-order chi connectivity index (χ0) is 14.4. The van der Waals surface area contributed by atoms with Gasteiger partial charge in [-0.25, -0.2) is 4.68 Å². The molecule has 1 saturated heterocycles. The summed E-state index contributed by atoms with van der Waals surface area (Å²) < 4.78 is 6.69. The monoisotopic (exact) mass is 278 g/mol. The van der Waals surface area contributed by atoms with Crippen molar-refractivity contribution in [2.45, 2.75) is 12.5 Å². The van der Waals surface area contributed by atoms with Crippen LogP contribution in [0.2, 0.25) is 0 Å². The van der Waals surface area contributed by atoms with Crippen LogP contribution in [0.5, 0.6) is 0 Å². The average Bonchev–Trinajstić information content (AvgIpc) is 2.85. The second-order valence-corrected chi connectivity index (χ2v) is 4.59. The van der Waals surface area contributed by atoms with Crippen LogP contribution >= 0.6 is 0 Å². The van der Waals surface area contributed by atoms with Crippen LogP contribution in [0.3, 0.4) is 0 Å². The molecule has 1 aromatic heterocycles. The van der Waals surface area contributed by atoms with E-state index < -0.39 is 0 Å².